The van der Waals surface area contributed by atoms with Crippen LogP contribution in [0.1, 0.15) is 12.5 Å². The molecule has 0 aliphatic heterocycles. The van der Waals surface area contributed by atoms with Crippen LogP contribution < -0.4 is 35.8 Å². The van der Waals surface area contributed by atoms with Crippen molar-refractivity contribution in [1.29, 1.82) is 0 Å². The van der Waals surface area contributed by atoms with Gasteiger partial charge in [-0.2, -0.15) is 18.3 Å². The van der Waals surface area contributed by atoms with E-state index in [-0.39, 0.29) is 29.4 Å². The lowest BCUT2D eigenvalue weighted by atomic mass is 10.2. The van der Waals surface area contributed by atoms with Gasteiger partial charge in [0, 0.05) is 12.6 Å². The fourth-order valence-corrected chi connectivity index (χ4v) is 3.55. The van der Waals surface area contributed by atoms with Crippen molar-refractivity contribution >= 4 is 29.1 Å². The summed E-state index contributed by atoms with van der Waals surface area (Å²) in [5.74, 6) is -3.87. The van der Waals surface area contributed by atoms with E-state index in [4.69, 9.17) is 15.2 Å². The van der Waals surface area contributed by atoms with Gasteiger partial charge in [-0.05, 0) is 57.4 Å². The van der Waals surface area contributed by atoms with Gasteiger partial charge in [0.2, 0.25) is 0 Å². The van der Waals surface area contributed by atoms with E-state index in [0.29, 0.717) is 24.7 Å². The predicted octanol–water partition coefficient (Wildman–Crippen LogP) is 3.90. The molecule has 0 bridgehead atoms. The molecule has 0 aromatic heterocycles. The summed E-state index contributed by atoms with van der Waals surface area (Å²) in [6.45, 7) is 2.54. The first-order chi connectivity index (χ1) is 20.9. The van der Waals surface area contributed by atoms with E-state index >= 15 is 0 Å². The Bertz CT molecular complexity index is 1470. The highest BCUT2D eigenvalue weighted by atomic mass is 19.4. The van der Waals surface area contributed by atoms with E-state index in [1.165, 1.54) is 36.4 Å². The summed E-state index contributed by atoms with van der Waals surface area (Å²) in [5.41, 5.74) is 11.2. The molecule has 0 saturated heterocycles. The quantitative estimate of drug-likeness (QED) is 0.0614. The number of nitrogens with zero attached hydrogens (tertiary/aromatic N) is 3. The maximum absolute atomic E-state index is 14.0. The number of benzene rings is 3. The molecular weight excluding hydrogens is 588 g/mol. The van der Waals surface area contributed by atoms with E-state index in [2.05, 4.69) is 20.7 Å². The number of hydrazone groups is 1. The van der Waals surface area contributed by atoms with Gasteiger partial charge >= 0.3 is 12.1 Å². The first kappa shape index (κ1) is 33.5. The van der Waals surface area contributed by atoms with Crippen molar-refractivity contribution in [2.24, 2.45) is 10.8 Å². The Morgan fingerprint density at radius 3 is 2.34 bits per heavy atom. The van der Waals surface area contributed by atoms with Gasteiger partial charge in [0.25, 0.3) is 5.91 Å². The smallest absolute Gasteiger partial charge is 0.490 e. The summed E-state index contributed by atoms with van der Waals surface area (Å²) in [7, 11) is 3.79. The molecule has 0 aliphatic carbocycles. The number of likely N-dealkylation sites (N-methyl/N-ethyl adjacent to an activating group) is 1. The van der Waals surface area contributed by atoms with Gasteiger partial charge in [-0.25, -0.2) is 9.18 Å². The molecule has 4 N–H and O–H groups in total. The number of nitrogens with two attached hydrogens (primary N) is 1. The van der Waals surface area contributed by atoms with Crippen LogP contribution in [0.25, 0.3) is 0 Å². The lowest BCUT2D eigenvalue weighted by Crippen LogP contribution is -2.39. The second-order valence-corrected chi connectivity index (χ2v) is 9.30. The molecule has 1 amide bonds. The highest BCUT2D eigenvalue weighted by Crippen LogP contribution is 2.33. The van der Waals surface area contributed by atoms with Crippen molar-refractivity contribution in [3.8, 4) is 17.2 Å². The van der Waals surface area contributed by atoms with Crippen molar-refractivity contribution in [2.45, 2.75) is 13.1 Å². The van der Waals surface area contributed by atoms with E-state index in [0.717, 1.165) is 11.1 Å². The summed E-state index contributed by atoms with van der Waals surface area (Å²) >= 11 is 0. The van der Waals surface area contributed by atoms with E-state index < -0.39 is 36.2 Å². The number of esters is 1. The summed E-state index contributed by atoms with van der Waals surface area (Å²) in [6.07, 6.45) is -5.25. The van der Waals surface area contributed by atoms with Gasteiger partial charge in [0.05, 0.1) is 23.5 Å². The molecule has 11 nitrogen and oxygen atoms in total. The van der Waals surface area contributed by atoms with Gasteiger partial charge in [-0.3, -0.25) is 20.7 Å². The fraction of sp³-hybridized carbons (Fsp3) is 0.276. The predicted molar refractivity (Wildman–Crippen MR) is 156 cm³/mol. The number of rotatable bonds is 14. The molecule has 15 heteroatoms. The van der Waals surface area contributed by atoms with Crippen LogP contribution in [0, 0.1) is 5.82 Å². The van der Waals surface area contributed by atoms with Crippen LogP contribution in [0.5, 0.6) is 17.2 Å². The molecule has 0 unspecified atom stereocenters. The standard InChI is InChI=1S/C29H32F4N6O5/c1-4-42-25-17-19(13-14-24(25)43-16-15-38(2)3)39(18-26(40)36-35-22-11-7-6-10-21(22)30)37-27(34)20-9-5-8-12-23(20)44-28(41)29(31,32)33/h5-14,17,35H,4,15-16,18H2,1-3H3,(H2,34,37)(H,36,40). The zero-order valence-corrected chi connectivity index (χ0v) is 24.2. The van der Waals surface area contributed by atoms with Crippen LogP contribution >= 0.6 is 0 Å². The summed E-state index contributed by atoms with van der Waals surface area (Å²) in [6, 6.07) is 15.6. The summed E-state index contributed by atoms with van der Waals surface area (Å²) in [5, 5.41) is 5.41. The number of hydrogen-bond donors (Lipinski definition) is 3. The van der Waals surface area contributed by atoms with E-state index in [9.17, 15) is 27.2 Å². The number of hydrazine groups is 1. The number of halogens is 4. The highest BCUT2D eigenvalue weighted by Gasteiger charge is 2.41. The van der Waals surface area contributed by atoms with Crippen molar-refractivity contribution in [1.82, 2.24) is 10.3 Å². The number of anilines is 2. The van der Waals surface area contributed by atoms with Crippen molar-refractivity contribution in [3.05, 3.63) is 78.1 Å². The molecule has 3 rings (SSSR count). The van der Waals surface area contributed by atoms with Crippen LogP contribution in [0.15, 0.2) is 71.8 Å². The molecule has 0 fully saturated rings. The minimum Gasteiger partial charge on any atom is -0.490 e. The Kier molecular flexibility index (Phi) is 11.7. The zero-order chi connectivity index (χ0) is 32.3. The second kappa shape index (κ2) is 15.4. The maximum Gasteiger partial charge on any atom is 0.491 e. The van der Waals surface area contributed by atoms with Gasteiger partial charge < -0.3 is 24.8 Å². The third-order valence-corrected chi connectivity index (χ3v) is 5.65. The van der Waals surface area contributed by atoms with Gasteiger partial charge in [0.15, 0.2) is 17.3 Å². The van der Waals surface area contributed by atoms with Crippen molar-refractivity contribution in [2.75, 3.05) is 50.8 Å². The Balaban J connectivity index is 1.96. The number of carbonyl (C=O) groups is 2. The Morgan fingerprint density at radius 1 is 0.955 bits per heavy atom. The fourth-order valence-electron chi connectivity index (χ4n) is 3.55. The number of nitrogens with one attached hydrogen (secondary N) is 2. The molecule has 0 atom stereocenters. The molecule has 236 valence electrons. The molecular formula is C29H32F4N6O5. The van der Waals surface area contributed by atoms with Gasteiger partial charge in [-0.15, -0.1) is 0 Å². The van der Waals surface area contributed by atoms with Crippen molar-refractivity contribution in [3.63, 3.8) is 0 Å². The van der Waals surface area contributed by atoms with Crippen LogP contribution in [0.4, 0.5) is 28.9 Å². The summed E-state index contributed by atoms with van der Waals surface area (Å²) < 4.78 is 68.7. The number of para-hydroxylation sites is 2. The minimum absolute atomic E-state index is 0.00804. The molecule has 0 spiro atoms. The molecule has 0 radical (unpaired) electrons. The lowest BCUT2D eigenvalue weighted by molar-refractivity contribution is -0.189. The molecule has 3 aromatic rings. The van der Waals surface area contributed by atoms with E-state index in [1.54, 1.807) is 31.2 Å². The number of alkyl halides is 3. The molecule has 3 aromatic carbocycles. The lowest BCUT2D eigenvalue weighted by Gasteiger charge is -2.22. The number of amides is 1. The number of carbonyl (C=O) groups excluding carboxylic acids is 2. The van der Waals surface area contributed by atoms with Crippen LogP contribution in [0.2, 0.25) is 0 Å². The zero-order valence-electron chi connectivity index (χ0n) is 24.2. The van der Waals surface area contributed by atoms with Gasteiger partial charge in [-0.1, -0.05) is 24.3 Å². The highest BCUT2D eigenvalue weighted by molar-refractivity contribution is 6.01. The maximum atomic E-state index is 14.0. The van der Waals surface area contributed by atoms with E-state index in [1.807, 2.05) is 19.0 Å². The first-order valence-electron chi connectivity index (χ1n) is 13.2. The first-order valence-corrected chi connectivity index (χ1v) is 13.2. The average molecular weight is 621 g/mol. The monoisotopic (exact) mass is 620 g/mol. The minimum atomic E-state index is -5.25. The normalized spacial score (nSPS) is 11.6. The Labute approximate surface area is 251 Å². The second-order valence-electron chi connectivity index (χ2n) is 9.30. The Morgan fingerprint density at radius 2 is 1.66 bits per heavy atom. The summed E-state index contributed by atoms with van der Waals surface area (Å²) in [4.78, 5) is 26.4. The third kappa shape index (κ3) is 9.76. The van der Waals surface area contributed by atoms with Crippen molar-refractivity contribution < 1.29 is 41.4 Å². The third-order valence-electron chi connectivity index (χ3n) is 5.65. The number of hydrogen-bond acceptors (Lipinski definition) is 9. The molecule has 0 heterocycles. The number of ether oxygens (including phenoxy) is 3. The van der Waals surface area contributed by atoms with Crippen LogP contribution in [0.3, 0.4) is 0 Å². The topological polar surface area (TPSA) is 131 Å². The average Bonchev–Trinajstić information content (AvgIpc) is 2.97. The van der Waals surface area contributed by atoms with Crippen LogP contribution in [-0.4, -0.2) is 69.2 Å². The molecule has 44 heavy (non-hydrogen) atoms. The molecule has 0 aliphatic rings. The molecule has 0 saturated carbocycles. The SMILES string of the molecule is CCOc1cc(N(CC(=O)NNc2ccccc2F)/N=C(\N)c2ccccc2OC(=O)C(F)(F)F)ccc1OCCN(C)C. The largest absolute Gasteiger partial charge is 0.491 e. The Hall–Kier alpha value is -5.05. The van der Waals surface area contributed by atoms with Crippen LogP contribution in [-0.2, 0) is 9.59 Å². The van der Waals surface area contributed by atoms with Gasteiger partial charge in [0.1, 0.15) is 24.7 Å². The number of amidine groups is 1.